The van der Waals surface area contributed by atoms with Crippen LogP contribution in [0.25, 0.3) is 21.7 Å². The van der Waals surface area contributed by atoms with Gasteiger partial charge in [0.2, 0.25) is 0 Å². The van der Waals surface area contributed by atoms with Gasteiger partial charge in [-0.05, 0) is 43.9 Å². The topological polar surface area (TPSA) is 89.7 Å². The van der Waals surface area contributed by atoms with Crippen molar-refractivity contribution in [3.8, 4) is 23.0 Å². The van der Waals surface area contributed by atoms with E-state index in [2.05, 4.69) is 15.0 Å². The van der Waals surface area contributed by atoms with Crippen LogP contribution in [0.3, 0.4) is 0 Å². The lowest BCUT2D eigenvalue weighted by atomic mass is 10.0. The molecule has 6 nitrogen and oxygen atoms in total. The van der Waals surface area contributed by atoms with Gasteiger partial charge in [0, 0.05) is 24.0 Å². The average molecular weight is 363 g/mol. The van der Waals surface area contributed by atoms with E-state index in [0.717, 1.165) is 46.1 Å². The van der Waals surface area contributed by atoms with Crippen molar-refractivity contribution in [1.82, 2.24) is 19.9 Å². The number of anilines is 1. The van der Waals surface area contributed by atoms with Crippen molar-refractivity contribution < 1.29 is 4.74 Å². The van der Waals surface area contributed by atoms with E-state index >= 15 is 0 Å². The lowest BCUT2D eigenvalue weighted by molar-refractivity contribution is 0.483. The molecule has 3 N–H and O–H groups in total. The second kappa shape index (κ2) is 6.10. The third kappa shape index (κ3) is 2.80. The number of pyridine rings is 1. The molecule has 0 radical (unpaired) electrons. The summed E-state index contributed by atoms with van der Waals surface area (Å²) in [5.74, 6) is 2.28. The summed E-state index contributed by atoms with van der Waals surface area (Å²) in [5, 5.41) is 0.560. The zero-order valence-electron chi connectivity index (χ0n) is 14.0. The van der Waals surface area contributed by atoms with Crippen LogP contribution in [0.1, 0.15) is 24.2 Å². The standard InChI is InChI=1S/C19H17N5OS/c20-19-24-15-6-5-11(10-17(15)26-19)25-12-7-8-21-16(9-12)18-22-13-3-1-2-4-14(13)23-18/h5-10H,1-4H2,(H2,20,24)(H,22,23). The van der Waals surface area contributed by atoms with Crippen LogP contribution in [-0.4, -0.2) is 19.9 Å². The summed E-state index contributed by atoms with van der Waals surface area (Å²) in [4.78, 5) is 16.9. The zero-order valence-corrected chi connectivity index (χ0v) is 14.8. The molecule has 5 rings (SSSR count). The van der Waals surface area contributed by atoms with E-state index < -0.39 is 0 Å². The molecule has 3 heterocycles. The van der Waals surface area contributed by atoms with Gasteiger partial charge < -0.3 is 15.5 Å². The highest BCUT2D eigenvalue weighted by Gasteiger charge is 2.16. The largest absolute Gasteiger partial charge is 0.457 e. The molecule has 0 atom stereocenters. The number of nitrogens with one attached hydrogen (secondary N) is 1. The molecule has 0 saturated carbocycles. The summed E-state index contributed by atoms with van der Waals surface area (Å²) < 4.78 is 7.02. The van der Waals surface area contributed by atoms with Gasteiger partial charge >= 0.3 is 0 Å². The van der Waals surface area contributed by atoms with E-state index in [1.807, 2.05) is 30.3 Å². The minimum atomic E-state index is 0.560. The Balaban J connectivity index is 1.44. The van der Waals surface area contributed by atoms with Gasteiger partial charge in [-0.3, -0.25) is 4.98 Å². The van der Waals surface area contributed by atoms with Crippen LogP contribution in [0, 0.1) is 0 Å². The van der Waals surface area contributed by atoms with Crippen molar-refractivity contribution >= 4 is 26.7 Å². The fraction of sp³-hybridized carbons (Fsp3) is 0.211. The van der Waals surface area contributed by atoms with Gasteiger partial charge in [-0.25, -0.2) is 9.97 Å². The van der Waals surface area contributed by atoms with E-state index in [0.29, 0.717) is 5.13 Å². The fourth-order valence-electron chi connectivity index (χ4n) is 3.30. The number of aromatic amines is 1. The number of fused-ring (bicyclic) bond motifs is 2. The summed E-state index contributed by atoms with van der Waals surface area (Å²) in [5.41, 5.74) is 9.86. The summed E-state index contributed by atoms with van der Waals surface area (Å²) >= 11 is 1.45. The number of nitrogen functional groups attached to an aromatic ring is 1. The Bertz CT molecular complexity index is 1080. The van der Waals surface area contributed by atoms with E-state index in [9.17, 15) is 0 Å². The quantitative estimate of drug-likeness (QED) is 0.565. The third-order valence-corrected chi connectivity index (χ3v) is 5.39. The van der Waals surface area contributed by atoms with Crippen LogP contribution < -0.4 is 10.5 Å². The first-order valence-corrected chi connectivity index (χ1v) is 9.44. The summed E-state index contributed by atoms with van der Waals surface area (Å²) in [6.07, 6.45) is 6.28. The van der Waals surface area contributed by atoms with Gasteiger partial charge in [0.1, 0.15) is 17.2 Å². The Hall–Kier alpha value is -2.93. The number of aromatic nitrogens is 4. The number of rotatable bonds is 3. The summed E-state index contributed by atoms with van der Waals surface area (Å²) in [7, 11) is 0. The fourth-order valence-corrected chi connectivity index (χ4v) is 4.06. The molecule has 0 spiro atoms. The molecular formula is C19H17N5OS. The average Bonchev–Trinajstić information content (AvgIpc) is 3.24. The molecule has 0 saturated heterocycles. The van der Waals surface area contributed by atoms with Crippen LogP contribution in [0.4, 0.5) is 5.13 Å². The van der Waals surface area contributed by atoms with E-state index in [4.69, 9.17) is 15.5 Å². The van der Waals surface area contributed by atoms with Crippen molar-refractivity contribution in [3.05, 3.63) is 47.9 Å². The second-order valence-electron chi connectivity index (χ2n) is 6.38. The van der Waals surface area contributed by atoms with Gasteiger partial charge in [-0.1, -0.05) is 11.3 Å². The number of H-pyrrole nitrogens is 1. The van der Waals surface area contributed by atoms with Crippen LogP contribution in [0.15, 0.2) is 36.5 Å². The molecule has 0 fully saturated rings. The van der Waals surface area contributed by atoms with Gasteiger partial charge in [-0.15, -0.1) is 0 Å². The minimum absolute atomic E-state index is 0.560. The first-order valence-electron chi connectivity index (χ1n) is 8.63. The monoisotopic (exact) mass is 363 g/mol. The van der Waals surface area contributed by atoms with Crippen molar-refractivity contribution in [2.75, 3.05) is 5.73 Å². The SMILES string of the molecule is Nc1nc2ccc(Oc3ccnc(-c4nc5c([nH]4)CCCC5)c3)cc2s1. The Morgan fingerprint density at radius 1 is 1.04 bits per heavy atom. The predicted octanol–water partition coefficient (Wildman–Crippen LogP) is 4.33. The number of ether oxygens (including phenoxy) is 1. The van der Waals surface area contributed by atoms with Gasteiger partial charge in [0.15, 0.2) is 11.0 Å². The molecule has 130 valence electrons. The molecular weight excluding hydrogens is 346 g/mol. The van der Waals surface area contributed by atoms with Crippen LogP contribution in [0.2, 0.25) is 0 Å². The molecule has 26 heavy (non-hydrogen) atoms. The molecule has 1 aliphatic carbocycles. The number of hydrogen-bond acceptors (Lipinski definition) is 6. The molecule has 4 aromatic rings. The van der Waals surface area contributed by atoms with Gasteiger partial charge in [-0.2, -0.15) is 0 Å². The maximum absolute atomic E-state index is 6.02. The molecule has 3 aromatic heterocycles. The number of imidazole rings is 1. The van der Waals surface area contributed by atoms with Crippen LogP contribution in [0.5, 0.6) is 11.5 Å². The lowest BCUT2D eigenvalue weighted by Crippen LogP contribution is -2.00. The number of thiazole rings is 1. The van der Waals surface area contributed by atoms with E-state index in [1.165, 1.54) is 35.6 Å². The smallest absolute Gasteiger partial charge is 0.181 e. The zero-order chi connectivity index (χ0) is 17.5. The van der Waals surface area contributed by atoms with Crippen molar-refractivity contribution in [1.29, 1.82) is 0 Å². The summed E-state index contributed by atoms with van der Waals surface area (Å²) in [6, 6.07) is 9.52. The number of nitrogens with two attached hydrogens (primary N) is 1. The van der Waals surface area contributed by atoms with Crippen molar-refractivity contribution in [2.24, 2.45) is 0 Å². The maximum Gasteiger partial charge on any atom is 0.181 e. The number of benzene rings is 1. The Labute approximate surface area is 154 Å². The molecule has 1 aliphatic rings. The summed E-state index contributed by atoms with van der Waals surface area (Å²) in [6.45, 7) is 0. The van der Waals surface area contributed by atoms with Gasteiger partial charge in [0.25, 0.3) is 0 Å². The highest BCUT2D eigenvalue weighted by atomic mass is 32.1. The Kier molecular flexibility index (Phi) is 3.60. The molecule has 0 unspecified atom stereocenters. The molecule has 1 aromatic carbocycles. The number of hydrogen-bond donors (Lipinski definition) is 2. The first kappa shape index (κ1) is 15.3. The number of nitrogens with zero attached hydrogens (tertiary/aromatic N) is 3. The highest BCUT2D eigenvalue weighted by Crippen LogP contribution is 2.31. The van der Waals surface area contributed by atoms with E-state index in [-0.39, 0.29) is 0 Å². The first-order chi connectivity index (χ1) is 12.7. The minimum Gasteiger partial charge on any atom is -0.457 e. The molecule has 0 aliphatic heterocycles. The number of aryl methyl sites for hydroxylation is 2. The van der Waals surface area contributed by atoms with E-state index in [1.54, 1.807) is 6.20 Å². The molecule has 0 bridgehead atoms. The van der Waals surface area contributed by atoms with Gasteiger partial charge in [0.05, 0.1) is 15.9 Å². The maximum atomic E-state index is 6.02. The van der Waals surface area contributed by atoms with Crippen LogP contribution in [-0.2, 0) is 12.8 Å². The molecule has 0 amide bonds. The Morgan fingerprint density at radius 3 is 2.85 bits per heavy atom. The molecule has 7 heteroatoms. The highest BCUT2D eigenvalue weighted by molar-refractivity contribution is 7.22. The second-order valence-corrected chi connectivity index (χ2v) is 7.44. The lowest BCUT2D eigenvalue weighted by Gasteiger charge is -2.07. The predicted molar refractivity (Wildman–Crippen MR) is 103 cm³/mol. The van der Waals surface area contributed by atoms with Crippen LogP contribution >= 0.6 is 11.3 Å². The normalized spacial score (nSPS) is 13.7. The van der Waals surface area contributed by atoms with Crippen molar-refractivity contribution in [3.63, 3.8) is 0 Å². The van der Waals surface area contributed by atoms with Crippen molar-refractivity contribution in [2.45, 2.75) is 25.7 Å². The Morgan fingerprint density at radius 2 is 1.92 bits per heavy atom. The third-order valence-electron chi connectivity index (χ3n) is 4.54.